The van der Waals surface area contributed by atoms with Gasteiger partial charge in [0.2, 0.25) is 0 Å². The van der Waals surface area contributed by atoms with E-state index in [0.717, 1.165) is 31.6 Å². The van der Waals surface area contributed by atoms with Crippen molar-refractivity contribution in [1.82, 2.24) is 20.4 Å². The fourth-order valence-corrected chi connectivity index (χ4v) is 3.03. The number of fused-ring (bicyclic) bond motifs is 1. The first-order valence-corrected chi connectivity index (χ1v) is 8.45. The lowest BCUT2D eigenvalue weighted by Crippen LogP contribution is -2.42. The van der Waals surface area contributed by atoms with Crippen LogP contribution in [0, 0.1) is 0 Å². The molecule has 1 aliphatic rings. The predicted octanol–water partition coefficient (Wildman–Crippen LogP) is 1.12. The third-order valence-electron chi connectivity index (χ3n) is 4.42. The predicted molar refractivity (Wildman–Crippen MR) is 91.7 cm³/mol. The summed E-state index contributed by atoms with van der Waals surface area (Å²) < 4.78 is 0. The van der Waals surface area contributed by atoms with Gasteiger partial charge in [0.25, 0.3) is 5.91 Å². The Morgan fingerprint density at radius 3 is 2.96 bits per heavy atom. The standard InChI is InChI=1S/C18H24N4O2/c1-2-15-9-17(21-20-15)18(24)19-10-16(23)12-22-8-7-13-5-3-4-6-14(13)11-22/h3-6,9,16,23H,2,7-8,10-12H2,1H3,(H,19,24)(H,20,21)/t16-/m1/s1. The van der Waals surface area contributed by atoms with E-state index in [9.17, 15) is 9.90 Å². The molecule has 0 spiro atoms. The Morgan fingerprint density at radius 2 is 2.21 bits per heavy atom. The molecule has 0 fully saturated rings. The molecule has 1 atom stereocenters. The number of benzene rings is 1. The van der Waals surface area contributed by atoms with Crippen molar-refractivity contribution >= 4 is 5.91 Å². The number of nitrogens with zero attached hydrogens (tertiary/aromatic N) is 2. The van der Waals surface area contributed by atoms with E-state index >= 15 is 0 Å². The maximum Gasteiger partial charge on any atom is 0.271 e. The minimum Gasteiger partial charge on any atom is -0.390 e. The van der Waals surface area contributed by atoms with Gasteiger partial charge in [-0.2, -0.15) is 5.10 Å². The fourth-order valence-electron chi connectivity index (χ4n) is 3.03. The molecule has 3 N–H and O–H groups in total. The number of hydrogen-bond acceptors (Lipinski definition) is 4. The van der Waals surface area contributed by atoms with Crippen molar-refractivity contribution in [2.45, 2.75) is 32.4 Å². The largest absolute Gasteiger partial charge is 0.390 e. The summed E-state index contributed by atoms with van der Waals surface area (Å²) in [5.74, 6) is -0.256. The molecule has 6 heteroatoms. The Morgan fingerprint density at radius 1 is 1.42 bits per heavy atom. The summed E-state index contributed by atoms with van der Waals surface area (Å²) in [6.07, 6.45) is 1.21. The van der Waals surface area contributed by atoms with E-state index in [2.05, 4.69) is 38.6 Å². The number of hydrogen-bond donors (Lipinski definition) is 3. The molecule has 0 saturated carbocycles. The van der Waals surface area contributed by atoms with Crippen LogP contribution in [0.4, 0.5) is 0 Å². The second kappa shape index (κ2) is 7.59. The smallest absolute Gasteiger partial charge is 0.271 e. The van der Waals surface area contributed by atoms with Gasteiger partial charge in [-0.1, -0.05) is 31.2 Å². The lowest BCUT2D eigenvalue weighted by molar-refractivity contribution is 0.0838. The van der Waals surface area contributed by atoms with E-state index in [1.807, 2.05) is 13.0 Å². The number of rotatable bonds is 6. The van der Waals surface area contributed by atoms with E-state index in [1.165, 1.54) is 11.1 Å². The summed E-state index contributed by atoms with van der Waals surface area (Å²) in [7, 11) is 0. The molecule has 24 heavy (non-hydrogen) atoms. The molecular weight excluding hydrogens is 304 g/mol. The Hall–Kier alpha value is -2.18. The van der Waals surface area contributed by atoms with Crippen LogP contribution in [0.15, 0.2) is 30.3 Å². The van der Waals surface area contributed by atoms with Gasteiger partial charge in [0.1, 0.15) is 5.69 Å². The number of nitrogens with one attached hydrogen (secondary N) is 2. The van der Waals surface area contributed by atoms with Gasteiger partial charge in [-0.15, -0.1) is 0 Å². The van der Waals surface area contributed by atoms with Crippen LogP contribution >= 0.6 is 0 Å². The van der Waals surface area contributed by atoms with Crippen LogP contribution in [0.1, 0.15) is 34.2 Å². The van der Waals surface area contributed by atoms with Gasteiger partial charge < -0.3 is 10.4 Å². The molecule has 0 radical (unpaired) electrons. The number of aromatic amines is 1. The second-order valence-electron chi connectivity index (χ2n) is 6.25. The normalized spacial score (nSPS) is 15.8. The first kappa shape index (κ1) is 16.7. The van der Waals surface area contributed by atoms with E-state index in [0.29, 0.717) is 12.2 Å². The highest BCUT2D eigenvalue weighted by Crippen LogP contribution is 2.18. The number of aryl methyl sites for hydroxylation is 1. The number of aliphatic hydroxyl groups excluding tert-OH is 1. The number of amides is 1. The molecule has 1 aromatic carbocycles. The number of carbonyl (C=O) groups excluding carboxylic acids is 1. The van der Waals surface area contributed by atoms with Gasteiger partial charge in [0, 0.05) is 31.9 Å². The first-order chi connectivity index (χ1) is 11.7. The molecule has 6 nitrogen and oxygen atoms in total. The molecule has 2 aromatic rings. The van der Waals surface area contributed by atoms with Crippen molar-refractivity contribution in [2.24, 2.45) is 0 Å². The van der Waals surface area contributed by atoms with Crippen LogP contribution in [0.3, 0.4) is 0 Å². The van der Waals surface area contributed by atoms with Gasteiger partial charge in [0.15, 0.2) is 0 Å². The Balaban J connectivity index is 1.46. The Kier molecular flexibility index (Phi) is 5.27. The van der Waals surface area contributed by atoms with Gasteiger partial charge in [-0.3, -0.25) is 14.8 Å². The first-order valence-electron chi connectivity index (χ1n) is 8.45. The summed E-state index contributed by atoms with van der Waals surface area (Å²) in [4.78, 5) is 14.2. The molecule has 0 unspecified atom stereocenters. The van der Waals surface area contributed by atoms with Crippen LogP contribution < -0.4 is 5.32 Å². The summed E-state index contributed by atoms with van der Waals surface area (Å²) in [6.45, 7) is 4.55. The molecule has 2 heterocycles. The van der Waals surface area contributed by atoms with E-state index in [-0.39, 0.29) is 12.5 Å². The zero-order valence-electron chi connectivity index (χ0n) is 14.0. The average Bonchev–Trinajstić information content (AvgIpc) is 3.09. The van der Waals surface area contributed by atoms with Crippen LogP contribution in [0.2, 0.25) is 0 Å². The lowest BCUT2D eigenvalue weighted by Gasteiger charge is -2.30. The van der Waals surface area contributed by atoms with Gasteiger partial charge in [0.05, 0.1) is 6.10 Å². The summed E-state index contributed by atoms with van der Waals surface area (Å²) in [5.41, 5.74) is 4.00. The van der Waals surface area contributed by atoms with E-state index in [4.69, 9.17) is 0 Å². The number of H-pyrrole nitrogens is 1. The van der Waals surface area contributed by atoms with E-state index < -0.39 is 6.10 Å². The maximum absolute atomic E-state index is 12.0. The SMILES string of the molecule is CCc1cc(C(=O)NC[C@@H](O)CN2CCc3ccccc3C2)n[nH]1. The van der Waals surface area contributed by atoms with Crippen molar-refractivity contribution in [3.63, 3.8) is 0 Å². The van der Waals surface area contributed by atoms with Crippen LogP contribution in [-0.4, -0.2) is 51.8 Å². The van der Waals surface area contributed by atoms with Crippen LogP contribution in [0.25, 0.3) is 0 Å². The summed E-state index contributed by atoms with van der Waals surface area (Å²) in [6, 6.07) is 10.2. The van der Waals surface area contributed by atoms with Gasteiger partial charge in [-0.25, -0.2) is 0 Å². The van der Waals surface area contributed by atoms with E-state index in [1.54, 1.807) is 6.07 Å². The molecule has 1 aromatic heterocycles. The fraction of sp³-hybridized carbons (Fsp3) is 0.444. The average molecular weight is 328 g/mol. The number of carbonyl (C=O) groups is 1. The van der Waals surface area contributed by atoms with Crippen LogP contribution in [0.5, 0.6) is 0 Å². The van der Waals surface area contributed by atoms with Crippen molar-refractivity contribution in [3.8, 4) is 0 Å². The zero-order chi connectivity index (χ0) is 16.9. The summed E-state index contributed by atoms with van der Waals surface area (Å²) in [5, 5.41) is 19.8. The topological polar surface area (TPSA) is 81.2 Å². The minimum atomic E-state index is -0.594. The Labute approximate surface area is 141 Å². The molecule has 3 rings (SSSR count). The minimum absolute atomic E-state index is 0.227. The number of β-amino-alcohol motifs (C(OH)–C–C–N with tert-alkyl or cyclic N) is 1. The second-order valence-corrected chi connectivity index (χ2v) is 6.25. The number of aliphatic hydroxyl groups is 1. The number of aromatic nitrogens is 2. The lowest BCUT2D eigenvalue weighted by atomic mass is 10.00. The molecule has 128 valence electrons. The molecule has 0 aliphatic carbocycles. The quantitative estimate of drug-likeness (QED) is 0.742. The van der Waals surface area contributed by atoms with Gasteiger partial charge in [-0.05, 0) is 30.0 Å². The van der Waals surface area contributed by atoms with Crippen molar-refractivity contribution in [3.05, 3.63) is 52.8 Å². The highest BCUT2D eigenvalue weighted by molar-refractivity contribution is 5.92. The molecule has 0 saturated heterocycles. The van der Waals surface area contributed by atoms with Crippen molar-refractivity contribution < 1.29 is 9.90 Å². The maximum atomic E-state index is 12.0. The van der Waals surface area contributed by atoms with Crippen molar-refractivity contribution in [1.29, 1.82) is 0 Å². The van der Waals surface area contributed by atoms with Crippen molar-refractivity contribution in [2.75, 3.05) is 19.6 Å². The van der Waals surface area contributed by atoms with Gasteiger partial charge >= 0.3 is 0 Å². The summed E-state index contributed by atoms with van der Waals surface area (Å²) >= 11 is 0. The molecule has 0 bridgehead atoms. The van der Waals surface area contributed by atoms with Crippen LogP contribution in [-0.2, 0) is 19.4 Å². The highest BCUT2D eigenvalue weighted by Gasteiger charge is 2.19. The zero-order valence-corrected chi connectivity index (χ0v) is 14.0. The third kappa shape index (κ3) is 4.01. The highest BCUT2D eigenvalue weighted by atomic mass is 16.3. The monoisotopic (exact) mass is 328 g/mol. The molecular formula is C18H24N4O2. The molecule has 1 amide bonds. The Bertz CT molecular complexity index is 698. The third-order valence-corrected chi connectivity index (χ3v) is 4.42. The molecule has 1 aliphatic heterocycles.